The third-order valence-electron chi connectivity index (χ3n) is 4.38. The highest BCUT2D eigenvalue weighted by atomic mass is 15.1. The van der Waals surface area contributed by atoms with E-state index in [1.54, 1.807) is 0 Å². The fraction of sp³-hybridized carbons (Fsp3) is 0.562. The van der Waals surface area contributed by atoms with Crippen molar-refractivity contribution < 1.29 is 0 Å². The second kappa shape index (κ2) is 5.24. The van der Waals surface area contributed by atoms with Crippen molar-refractivity contribution in [2.45, 2.75) is 45.4 Å². The van der Waals surface area contributed by atoms with Crippen molar-refractivity contribution in [3.8, 4) is 0 Å². The number of pyridine rings is 1. The molecule has 0 aromatic carbocycles. The Kier molecular flexibility index (Phi) is 3.45. The third kappa shape index (κ3) is 2.91. The third-order valence-corrected chi connectivity index (χ3v) is 4.38. The van der Waals surface area contributed by atoms with E-state index >= 15 is 0 Å². The first-order valence-electron chi connectivity index (χ1n) is 7.43. The Balaban J connectivity index is 1.74. The number of aromatic nitrogens is 1. The summed E-state index contributed by atoms with van der Waals surface area (Å²) in [6.45, 7) is 3.02. The van der Waals surface area contributed by atoms with E-state index < -0.39 is 0 Å². The Bertz CT molecular complexity index is 493. The SMILES string of the molecule is Cc1nc(/C(N)=C2\CN2)ccc1CC1CCCCC1. The number of nitrogens with zero attached hydrogens (tertiary/aromatic N) is 1. The van der Waals surface area contributed by atoms with Gasteiger partial charge in [-0.25, -0.2) is 0 Å². The van der Waals surface area contributed by atoms with Crippen LogP contribution >= 0.6 is 0 Å². The molecule has 0 unspecified atom stereocenters. The van der Waals surface area contributed by atoms with Gasteiger partial charge in [-0.2, -0.15) is 0 Å². The molecule has 0 radical (unpaired) electrons. The zero-order valence-electron chi connectivity index (χ0n) is 11.7. The molecule has 1 aromatic heterocycles. The Morgan fingerprint density at radius 3 is 2.68 bits per heavy atom. The van der Waals surface area contributed by atoms with Crippen molar-refractivity contribution in [1.82, 2.24) is 10.3 Å². The molecule has 102 valence electrons. The van der Waals surface area contributed by atoms with E-state index in [1.165, 1.54) is 44.1 Å². The molecule has 0 amide bonds. The highest BCUT2D eigenvalue weighted by Crippen LogP contribution is 2.28. The summed E-state index contributed by atoms with van der Waals surface area (Å²) in [5.74, 6) is 0.862. The lowest BCUT2D eigenvalue weighted by molar-refractivity contribution is 0.356. The van der Waals surface area contributed by atoms with Gasteiger partial charge in [0.15, 0.2) is 0 Å². The molecule has 2 heterocycles. The van der Waals surface area contributed by atoms with Gasteiger partial charge in [0.05, 0.1) is 23.6 Å². The van der Waals surface area contributed by atoms with Crippen molar-refractivity contribution in [1.29, 1.82) is 0 Å². The number of hydrogen-bond acceptors (Lipinski definition) is 3. The second-order valence-corrected chi connectivity index (χ2v) is 5.89. The molecule has 3 nitrogen and oxygen atoms in total. The molecule has 0 atom stereocenters. The number of rotatable bonds is 3. The van der Waals surface area contributed by atoms with Crippen LogP contribution in [0.15, 0.2) is 17.8 Å². The topological polar surface area (TPSA) is 60.8 Å². The molecule has 1 aliphatic carbocycles. The molecule has 3 rings (SSSR count). The molecule has 2 fully saturated rings. The molecule has 1 saturated heterocycles. The van der Waals surface area contributed by atoms with Crippen LogP contribution in [0.2, 0.25) is 0 Å². The van der Waals surface area contributed by atoms with Crippen molar-refractivity contribution in [3.63, 3.8) is 0 Å². The summed E-state index contributed by atoms with van der Waals surface area (Å²) in [6, 6.07) is 4.30. The number of nitrogens with two attached hydrogens (primary N) is 1. The first kappa shape index (κ1) is 12.5. The zero-order chi connectivity index (χ0) is 13.2. The highest BCUT2D eigenvalue weighted by Gasteiger charge is 2.18. The van der Waals surface area contributed by atoms with Gasteiger partial charge < -0.3 is 11.1 Å². The zero-order valence-corrected chi connectivity index (χ0v) is 11.7. The summed E-state index contributed by atoms with van der Waals surface area (Å²) < 4.78 is 0. The molecule has 1 aromatic rings. The van der Waals surface area contributed by atoms with E-state index in [4.69, 9.17) is 5.73 Å². The maximum atomic E-state index is 6.06. The van der Waals surface area contributed by atoms with Crippen molar-refractivity contribution in [2.24, 2.45) is 11.7 Å². The maximum absolute atomic E-state index is 6.06. The van der Waals surface area contributed by atoms with Gasteiger partial charge >= 0.3 is 0 Å². The lowest BCUT2D eigenvalue weighted by Crippen LogP contribution is -2.11. The number of nitrogens with one attached hydrogen (secondary N) is 1. The minimum absolute atomic E-state index is 0.812. The van der Waals surface area contributed by atoms with E-state index in [1.807, 2.05) is 0 Å². The molecule has 1 aliphatic heterocycles. The van der Waals surface area contributed by atoms with Crippen LogP contribution in [0.1, 0.15) is 49.1 Å². The second-order valence-electron chi connectivity index (χ2n) is 5.89. The van der Waals surface area contributed by atoms with Crippen LogP contribution in [0.3, 0.4) is 0 Å². The molecule has 3 N–H and O–H groups in total. The monoisotopic (exact) mass is 257 g/mol. The summed E-state index contributed by atoms with van der Waals surface area (Å²) >= 11 is 0. The summed E-state index contributed by atoms with van der Waals surface area (Å²) in [7, 11) is 0. The Hall–Kier alpha value is -1.51. The average molecular weight is 257 g/mol. The van der Waals surface area contributed by atoms with Crippen molar-refractivity contribution in [2.75, 3.05) is 6.54 Å². The molecule has 1 saturated carbocycles. The molecule has 0 bridgehead atoms. The van der Waals surface area contributed by atoms with Gasteiger partial charge in [0.2, 0.25) is 0 Å². The summed E-state index contributed by atoms with van der Waals surface area (Å²) in [4.78, 5) is 4.68. The lowest BCUT2D eigenvalue weighted by Gasteiger charge is -2.22. The van der Waals surface area contributed by atoms with Gasteiger partial charge in [0, 0.05) is 5.69 Å². The smallest absolute Gasteiger partial charge is 0.0880 e. The van der Waals surface area contributed by atoms with E-state index in [0.29, 0.717) is 0 Å². The normalized spacial score (nSPS) is 21.9. The van der Waals surface area contributed by atoms with Crippen LogP contribution in [0.25, 0.3) is 5.70 Å². The molecule has 2 aliphatic rings. The molecule has 3 heteroatoms. The molecule has 0 spiro atoms. The predicted molar refractivity (Wildman–Crippen MR) is 78.4 cm³/mol. The first-order valence-corrected chi connectivity index (χ1v) is 7.43. The molecule has 19 heavy (non-hydrogen) atoms. The van der Waals surface area contributed by atoms with Crippen LogP contribution in [-0.4, -0.2) is 11.5 Å². The fourth-order valence-electron chi connectivity index (χ4n) is 3.05. The molecular formula is C16H23N3. The Morgan fingerprint density at radius 1 is 1.32 bits per heavy atom. The van der Waals surface area contributed by atoms with Crippen LogP contribution in [-0.2, 0) is 6.42 Å². The van der Waals surface area contributed by atoms with E-state index in [-0.39, 0.29) is 0 Å². The van der Waals surface area contributed by atoms with Crippen LogP contribution < -0.4 is 11.1 Å². The predicted octanol–water partition coefficient (Wildman–Crippen LogP) is 2.74. The maximum Gasteiger partial charge on any atom is 0.0880 e. The van der Waals surface area contributed by atoms with E-state index in [9.17, 15) is 0 Å². The van der Waals surface area contributed by atoms with Crippen LogP contribution in [0.4, 0.5) is 0 Å². The minimum Gasteiger partial charge on any atom is -0.396 e. The van der Waals surface area contributed by atoms with E-state index in [0.717, 1.165) is 35.2 Å². The number of hydrogen-bond donors (Lipinski definition) is 2. The fourth-order valence-corrected chi connectivity index (χ4v) is 3.05. The average Bonchev–Trinajstić information content (AvgIpc) is 3.26. The Labute approximate surface area is 115 Å². The van der Waals surface area contributed by atoms with Crippen molar-refractivity contribution >= 4 is 5.70 Å². The van der Waals surface area contributed by atoms with Crippen LogP contribution in [0, 0.1) is 12.8 Å². The van der Waals surface area contributed by atoms with Crippen molar-refractivity contribution in [3.05, 3.63) is 34.8 Å². The van der Waals surface area contributed by atoms with Gasteiger partial charge in [0.1, 0.15) is 0 Å². The quantitative estimate of drug-likeness (QED) is 0.818. The van der Waals surface area contributed by atoms with Gasteiger partial charge in [-0.15, -0.1) is 0 Å². The summed E-state index contributed by atoms with van der Waals surface area (Å²) in [5, 5.41) is 3.15. The largest absolute Gasteiger partial charge is 0.396 e. The van der Waals surface area contributed by atoms with Gasteiger partial charge in [-0.1, -0.05) is 38.2 Å². The Morgan fingerprint density at radius 2 is 2.05 bits per heavy atom. The molecular weight excluding hydrogens is 234 g/mol. The van der Waals surface area contributed by atoms with Gasteiger partial charge in [-0.05, 0) is 30.9 Å². The summed E-state index contributed by atoms with van der Waals surface area (Å²) in [5.41, 5.74) is 11.5. The highest BCUT2D eigenvalue weighted by molar-refractivity contribution is 5.66. The first-order chi connectivity index (χ1) is 9.24. The number of aryl methyl sites for hydroxylation is 1. The van der Waals surface area contributed by atoms with Gasteiger partial charge in [-0.3, -0.25) is 4.98 Å². The van der Waals surface area contributed by atoms with E-state index in [2.05, 4.69) is 29.4 Å². The summed E-state index contributed by atoms with van der Waals surface area (Å²) in [6.07, 6.45) is 8.19. The minimum atomic E-state index is 0.812. The van der Waals surface area contributed by atoms with Crippen LogP contribution in [0.5, 0.6) is 0 Å². The lowest BCUT2D eigenvalue weighted by atomic mass is 9.84. The standard InChI is InChI=1S/C16H23N3/c1-11-13(9-12-5-3-2-4-6-12)7-8-14(19-11)16(17)15-10-18-15/h7-8,12,18H,2-6,9-10,17H2,1H3/b16-15-. The van der Waals surface area contributed by atoms with Gasteiger partial charge in [0.25, 0.3) is 0 Å².